The van der Waals surface area contributed by atoms with Crippen LogP contribution in [0.1, 0.15) is 168 Å². The highest BCUT2D eigenvalue weighted by Crippen LogP contribution is 2.51. The number of allylic oxidation sites excluding steroid dienone is 10. The number of aliphatic hydroxyl groups excluding tert-OH is 3. The second-order valence-corrected chi connectivity index (χ2v) is 20.8. The summed E-state index contributed by atoms with van der Waals surface area (Å²) in [5.74, 6) is -1.33. The smallest absolute Gasteiger partial charge is 0.462 e. The lowest BCUT2D eigenvalue weighted by Gasteiger charge is -2.44. The van der Waals surface area contributed by atoms with Crippen LogP contribution in [-0.4, -0.2) is 108 Å². The van der Waals surface area contributed by atoms with E-state index < -0.39 is 91.3 Å². The predicted octanol–water partition coefficient (Wildman–Crippen LogP) is 9.18. The Morgan fingerprint density at radius 2 is 0.870 bits per heavy atom. The topological polar surface area (TPSA) is 303 Å². The van der Waals surface area contributed by atoms with Crippen molar-refractivity contribution in [1.82, 2.24) is 0 Å². The second-order valence-electron chi connectivity index (χ2n) is 17.0. The van der Waals surface area contributed by atoms with Gasteiger partial charge >= 0.3 is 35.4 Å². The molecule has 0 aliphatic heterocycles. The molecule has 400 valence electrons. The first-order valence-electron chi connectivity index (χ1n) is 24.6. The molecular formula is C47H83O19P3. The van der Waals surface area contributed by atoms with Gasteiger partial charge in [0.15, 0.2) is 6.10 Å². The van der Waals surface area contributed by atoms with Crippen LogP contribution in [0.15, 0.2) is 60.8 Å². The van der Waals surface area contributed by atoms with E-state index in [-0.39, 0.29) is 12.8 Å². The normalized spacial score (nSPS) is 21.8. The Morgan fingerprint density at radius 1 is 0.464 bits per heavy atom. The highest BCUT2D eigenvalue weighted by atomic mass is 31.2. The van der Waals surface area contributed by atoms with E-state index in [1.807, 2.05) is 0 Å². The fourth-order valence-corrected chi connectivity index (χ4v) is 9.19. The third-order valence-corrected chi connectivity index (χ3v) is 12.8. The maximum Gasteiger partial charge on any atom is 0.472 e. The summed E-state index contributed by atoms with van der Waals surface area (Å²) in [5, 5.41) is 31.9. The summed E-state index contributed by atoms with van der Waals surface area (Å²) in [7, 11) is -16.6. The van der Waals surface area contributed by atoms with Crippen LogP contribution in [0.3, 0.4) is 0 Å². The van der Waals surface area contributed by atoms with Gasteiger partial charge in [-0.1, -0.05) is 139 Å². The molecule has 1 aliphatic carbocycles. The van der Waals surface area contributed by atoms with Crippen LogP contribution in [0, 0.1) is 0 Å². The fourth-order valence-electron chi connectivity index (χ4n) is 7.10. The first-order valence-corrected chi connectivity index (χ1v) is 29.1. The molecule has 1 aliphatic rings. The summed E-state index contributed by atoms with van der Waals surface area (Å²) < 4.78 is 65.5. The summed E-state index contributed by atoms with van der Waals surface area (Å²) in [6, 6.07) is 0. The summed E-state index contributed by atoms with van der Waals surface area (Å²) in [4.78, 5) is 73.3. The lowest BCUT2D eigenvalue weighted by molar-refractivity contribution is -0.213. The van der Waals surface area contributed by atoms with Crippen molar-refractivity contribution in [2.24, 2.45) is 0 Å². The van der Waals surface area contributed by atoms with Gasteiger partial charge in [0.25, 0.3) is 0 Å². The molecule has 0 amide bonds. The zero-order valence-corrected chi connectivity index (χ0v) is 43.3. The first kappa shape index (κ1) is 64.9. The van der Waals surface area contributed by atoms with E-state index in [2.05, 4.69) is 83.7 Å². The van der Waals surface area contributed by atoms with Gasteiger partial charge in [-0.15, -0.1) is 0 Å². The van der Waals surface area contributed by atoms with Gasteiger partial charge < -0.3 is 49.3 Å². The van der Waals surface area contributed by atoms with Gasteiger partial charge in [-0.25, -0.2) is 13.7 Å². The second kappa shape index (κ2) is 38.5. The molecule has 0 radical (unpaired) electrons. The lowest BCUT2D eigenvalue weighted by Crippen LogP contribution is -2.65. The molecule has 1 rings (SSSR count). The molecule has 8 N–H and O–H groups in total. The molecule has 0 aromatic carbocycles. The third kappa shape index (κ3) is 34.8. The van der Waals surface area contributed by atoms with E-state index in [0.29, 0.717) is 12.8 Å². The van der Waals surface area contributed by atoms with Crippen molar-refractivity contribution < 1.29 is 90.6 Å². The maximum atomic E-state index is 13.1. The number of hydrogen-bond donors (Lipinski definition) is 8. The van der Waals surface area contributed by atoms with Crippen molar-refractivity contribution in [1.29, 1.82) is 0 Å². The molecule has 0 heterocycles. The standard InChI is InChI=1S/C47H83O19P3/c1-3-5-7-9-11-13-15-17-18-19-20-21-22-24-26-28-30-32-34-36-41(49)63-39(37-61-40(48)35-33-31-29-27-25-23-16-14-12-10-8-6-4-2)38-62-69(59,60)66-45-42(50)43(51)46(64-67(53,54)55)47(44(45)52)65-68(56,57)58/h8,10-11,13-14,16-18,20-21,39,42-47,50-52H,3-7,9,12,15,19,22-38H2,1-2H3,(H,59,60)(H2,53,54,55)(H2,56,57,58)/b10-8-,13-11-,16-14-,18-17-,21-20-/t39-,42?,43?,44?,45+,46?,47+/m1/s1. The fraction of sp³-hybridized carbons (Fsp3) is 0.745. The highest BCUT2D eigenvalue weighted by molar-refractivity contribution is 7.47. The summed E-state index contributed by atoms with van der Waals surface area (Å²) >= 11 is 0. The van der Waals surface area contributed by atoms with Crippen LogP contribution < -0.4 is 0 Å². The zero-order chi connectivity index (χ0) is 51.4. The van der Waals surface area contributed by atoms with Crippen molar-refractivity contribution >= 4 is 35.4 Å². The van der Waals surface area contributed by atoms with Crippen molar-refractivity contribution in [2.45, 2.75) is 211 Å². The average molecular weight is 1050 g/mol. The number of ether oxygens (including phenoxy) is 2. The molecule has 1 saturated carbocycles. The van der Waals surface area contributed by atoms with E-state index in [0.717, 1.165) is 109 Å². The number of carbonyl (C=O) groups excluding carboxylic acids is 2. The van der Waals surface area contributed by atoms with Crippen LogP contribution in [0.5, 0.6) is 0 Å². The van der Waals surface area contributed by atoms with Crippen LogP contribution in [0.4, 0.5) is 0 Å². The van der Waals surface area contributed by atoms with Crippen LogP contribution >= 0.6 is 23.5 Å². The molecule has 0 aromatic heterocycles. The van der Waals surface area contributed by atoms with Crippen molar-refractivity contribution in [3.8, 4) is 0 Å². The molecule has 69 heavy (non-hydrogen) atoms. The predicted molar refractivity (Wildman–Crippen MR) is 261 cm³/mol. The number of hydrogen-bond acceptors (Lipinski definition) is 14. The highest BCUT2D eigenvalue weighted by Gasteiger charge is 2.56. The SMILES string of the molecule is CCC/C=C\C/C=C\CCCCCCCC(=O)OC[C@H](COP(=O)(O)O[C@H]1C(O)C(O)C(OP(=O)(O)O)[C@@H](OP(=O)(O)O)C1O)OC(=O)CCCCCCCC/C=C\C/C=C\C/C=C\CCCCC. The van der Waals surface area contributed by atoms with Crippen molar-refractivity contribution in [2.75, 3.05) is 13.2 Å². The third-order valence-electron chi connectivity index (χ3n) is 10.8. The Hall–Kier alpha value is -2.15. The van der Waals surface area contributed by atoms with Gasteiger partial charge in [-0.05, 0) is 77.0 Å². The zero-order valence-electron chi connectivity index (χ0n) is 40.6. The van der Waals surface area contributed by atoms with Crippen LogP contribution in [0.2, 0.25) is 0 Å². The van der Waals surface area contributed by atoms with Gasteiger partial charge in [0.05, 0.1) is 6.61 Å². The Bertz CT molecular complexity index is 1670. The van der Waals surface area contributed by atoms with E-state index in [1.165, 1.54) is 19.3 Å². The number of esters is 2. The van der Waals surface area contributed by atoms with Gasteiger partial charge in [-0.2, -0.15) is 0 Å². The number of aliphatic hydroxyl groups is 3. The summed E-state index contributed by atoms with van der Waals surface area (Å²) in [6.07, 6.45) is 26.6. The number of carbonyl (C=O) groups is 2. The Kier molecular flexibility index (Phi) is 36.2. The molecule has 19 nitrogen and oxygen atoms in total. The Labute approximate surface area is 409 Å². The minimum Gasteiger partial charge on any atom is -0.462 e. The number of rotatable bonds is 41. The molecule has 0 saturated heterocycles. The van der Waals surface area contributed by atoms with Gasteiger partial charge in [0.1, 0.15) is 43.2 Å². The summed E-state index contributed by atoms with van der Waals surface area (Å²) in [5.41, 5.74) is 0. The van der Waals surface area contributed by atoms with E-state index >= 15 is 0 Å². The molecule has 0 spiro atoms. The van der Waals surface area contributed by atoms with E-state index in [4.69, 9.17) is 18.5 Å². The molecule has 8 atom stereocenters. The first-order chi connectivity index (χ1) is 32.8. The molecule has 0 bridgehead atoms. The van der Waals surface area contributed by atoms with E-state index in [9.17, 15) is 63.1 Å². The average Bonchev–Trinajstić information content (AvgIpc) is 3.28. The molecule has 1 fully saturated rings. The Morgan fingerprint density at radius 3 is 1.35 bits per heavy atom. The van der Waals surface area contributed by atoms with Crippen LogP contribution in [0.25, 0.3) is 0 Å². The van der Waals surface area contributed by atoms with Crippen LogP contribution in [-0.2, 0) is 50.9 Å². The van der Waals surface area contributed by atoms with Crippen molar-refractivity contribution in [3.63, 3.8) is 0 Å². The Balaban J connectivity index is 2.72. The van der Waals surface area contributed by atoms with E-state index in [1.54, 1.807) is 0 Å². The molecule has 5 unspecified atom stereocenters. The quantitative estimate of drug-likeness (QED) is 0.0122. The maximum absolute atomic E-state index is 13.1. The monoisotopic (exact) mass is 1040 g/mol. The molecule has 0 aromatic rings. The lowest BCUT2D eigenvalue weighted by atomic mass is 9.85. The minimum absolute atomic E-state index is 0.0222. The molecule has 22 heteroatoms. The molecular weight excluding hydrogens is 961 g/mol. The van der Waals surface area contributed by atoms with Gasteiger partial charge in [-0.3, -0.25) is 27.7 Å². The minimum atomic E-state index is -5.61. The largest absolute Gasteiger partial charge is 0.472 e. The number of unbranched alkanes of at least 4 members (excludes halogenated alkanes) is 15. The summed E-state index contributed by atoms with van der Waals surface area (Å²) in [6.45, 7) is 2.83. The van der Waals surface area contributed by atoms with Gasteiger partial charge in [0.2, 0.25) is 0 Å². The van der Waals surface area contributed by atoms with Crippen molar-refractivity contribution in [3.05, 3.63) is 60.8 Å². The number of phosphoric ester groups is 3. The number of phosphoric acid groups is 3. The van der Waals surface area contributed by atoms with Gasteiger partial charge in [0, 0.05) is 12.8 Å².